The number of nitrogens with zero attached hydrogens (tertiary/aromatic N) is 1. The highest BCUT2D eigenvalue weighted by atomic mass is 35.5. The standard InChI is InChI=1S/C22H18ClF2N3O4/c23-15-4-2-14(3-5-15)22(24,25)21(32)26-10-12-1-6-16-13(9-12)11-28(20(16)31)17-7-8-18(29)27-19(17)30/h1-6,9,17H,7-8,10-11H2,(H,26,32)(H,27,29,30)/i1D,10D2,11D/hD. The number of benzene rings is 2. The molecule has 2 atom stereocenters. The molecule has 0 bridgehead atoms. The number of rotatable bonds is 5. The first-order valence-electron chi connectivity index (χ1n) is 11.9. The molecule has 10 heteroatoms. The van der Waals surface area contributed by atoms with Crippen LogP contribution in [0.3, 0.4) is 0 Å². The van der Waals surface area contributed by atoms with Gasteiger partial charge >= 0.3 is 5.92 Å². The maximum absolute atomic E-state index is 14.8. The lowest BCUT2D eigenvalue weighted by Crippen LogP contribution is -2.52. The van der Waals surface area contributed by atoms with Crippen LogP contribution in [0.1, 0.15) is 45.4 Å². The summed E-state index contributed by atoms with van der Waals surface area (Å²) in [5.41, 5.74) is -1.87. The monoisotopic (exact) mass is 466 g/mol. The van der Waals surface area contributed by atoms with E-state index in [1.165, 1.54) is 0 Å². The van der Waals surface area contributed by atoms with E-state index in [0.29, 0.717) is 0 Å². The van der Waals surface area contributed by atoms with Crippen molar-refractivity contribution in [2.45, 2.75) is 37.8 Å². The molecule has 2 aliphatic heterocycles. The van der Waals surface area contributed by atoms with Gasteiger partial charge in [-0.2, -0.15) is 8.78 Å². The molecule has 166 valence electrons. The van der Waals surface area contributed by atoms with Gasteiger partial charge in [0, 0.05) is 35.6 Å². The SMILES string of the molecule is [2H]c1cc2c(cc1C([2H])([2H])N([2H])C(=O)C(F)(F)c1ccc(Cl)cc1)C([2H])N(C1CCC(=O)NC1=O)C2=O. The van der Waals surface area contributed by atoms with Crippen LogP contribution in [0, 0.1) is 0 Å². The summed E-state index contributed by atoms with van der Waals surface area (Å²) >= 11 is 5.68. The third-order valence-electron chi connectivity index (χ3n) is 5.03. The van der Waals surface area contributed by atoms with Crippen molar-refractivity contribution in [2.24, 2.45) is 0 Å². The summed E-state index contributed by atoms with van der Waals surface area (Å²) < 4.78 is 70.7. The second-order valence-electron chi connectivity index (χ2n) is 7.13. The summed E-state index contributed by atoms with van der Waals surface area (Å²) in [4.78, 5) is 50.1. The average Bonchev–Trinajstić information content (AvgIpc) is 3.07. The molecular weight excluding hydrogens is 444 g/mol. The number of fused-ring (bicyclic) bond motifs is 1. The predicted octanol–water partition coefficient (Wildman–Crippen LogP) is 2.51. The minimum Gasteiger partial charge on any atom is -0.346 e. The van der Waals surface area contributed by atoms with Crippen LogP contribution in [-0.4, -0.2) is 34.6 Å². The number of piperidine rings is 1. The van der Waals surface area contributed by atoms with Crippen molar-refractivity contribution < 1.29 is 34.9 Å². The van der Waals surface area contributed by atoms with Crippen LogP contribution in [0.5, 0.6) is 0 Å². The summed E-state index contributed by atoms with van der Waals surface area (Å²) in [6.07, 6.45) is -0.117. The van der Waals surface area contributed by atoms with E-state index in [0.717, 1.165) is 41.3 Å². The van der Waals surface area contributed by atoms with Crippen LogP contribution in [0.15, 0.2) is 42.4 Å². The first-order valence-corrected chi connectivity index (χ1v) is 9.76. The molecule has 0 radical (unpaired) electrons. The third-order valence-corrected chi connectivity index (χ3v) is 5.28. The molecule has 4 rings (SSSR count). The Morgan fingerprint density at radius 2 is 2.06 bits per heavy atom. The molecule has 0 aliphatic carbocycles. The predicted molar refractivity (Wildman–Crippen MR) is 110 cm³/mol. The first kappa shape index (κ1) is 16.3. The summed E-state index contributed by atoms with van der Waals surface area (Å²) in [7, 11) is 0. The Kier molecular flexibility index (Phi) is 4.24. The van der Waals surface area contributed by atoms with Gasteiger partial charge < -0.3 is 10.2 Å². The second-order valence-corrected chi connectivity index (χ2v) is 7.57. The van der Waals surface area contributed by atoms with Crippen LogP contribution in [-0.2, 0) is 33.3 Å². The average molecular weight is 467 g/mol. The van der Waals surface area contributed by atoms with Crippen LogP contribution in [0.25, 0.3) is 0 Å². The van der Waals surface area contributed by atoms with Crippen molar-refractivity contribution in [3.8, 4) is 0 Å². The summed E-state index contributed by atoms with van der Waals surface area (Å²) in [5, 5.41) is 1.61. The van der Waals surface area contributed by atoms with Gasteiger partial charge in [-0.15, -0.1) is 0 Å². The van der Waals surface area contributed by atoms with E-state index in [9.17, 15) is 28.0 Å². The molecule has 2 aromatic rings. The Balaban J connectivity index is 1.67. The Morgan fingerprint density at radius 1 is 1.34 bits per heavy atom. The molecule has 1 saturated heterocycles. The van der Waals surface area contributed by atoms with E-state index in [1.807, 2.05) is 0 Å². The number of hydrogen-bond acceptors (Lipinski definition) is 4. The van der Waals surface area contributed by atoms with E-state index in [4.69, 9.17) is 18.5 Å². The van der Waals surface area contributed by atoms with Crippen LogP contribution in [0.4, 0.5) is 8.78 Å². The second kappa shape index (κ2) is 8.31. The number of carbonyl (C=O) groups excluding carboxylic acids is 4. The summed E-state index contributed by atoms with van der Waals surface area (Å²) in [5.74, 6) is -8.66. The lowest BCUT2D eigenvalue weighted by atomic mass is 10.0. The molecule has 32 heavy (non-hydrogen) atoms. The number of amides is 4. The lowest BCUT2D eigenvalue weighted by Gasteiger charge is -2.29. The molecule has 2 heterocycles. The molecule has 0 saturated carbocycles. The molecule has 4 amide bonds. The highest BCUT2D eigenvalue weighted by Crippen LogP contribution is 2.30. The fraction of sp³-hybridized carbons (Fsp3) is 0.273. The molecule has 2 unspecified atom stereocenters. The maximum atomic E-state index is 14.8. The van der Waals surface area contributed by atoms with Crippen LogP contribution < -0.4 is 10.6 Å². The first-order chi connectivity index (χ1) is 17.2. The zero-order chi connectivity index (χ0) is 27.4. The van der Waals surface area contributed by atoms with E-state index in [2.05, 4.69) is 5.32 Å². The highest BCUT2D eigenvalue weighted by Gasteiger charge is 2.41. The molecule has 2 N–H and O–H groups in total. The van der Waals surface area contributed by atoms with Gasteiger partial charge in [-0.25, -0.2) is 0 Å². The van der Waals surface area contributed by atoms with Crippen molar-refractivity contribution in [2.75, 3.05) is 0 Å². The molecule has 2 aliphatic rings. The number of halogens is 3. The molecule has 0 spiro atoms. The molecule has 2 aromatic carbocycles. The number of nitrogens with one attached hydrogen (secondary N) is 2. The Morgan fingerprint density at radius 3 is 2.75 bits per heavy atom. The van der Waals surface area contributed by atoms with Crippen LogP contribution in [0.2, 0.25) is 6.43 Å². The highest BCUT2D eigenvalue weighted by molar-refractivity contribution is 6.30. The fourth-order valence-corrected chi connectivity index (χ4v) is 3.48. The van der Waals surface area contributed by atoms with Gasteiger partial charge in [0.2, 0.25) is 11.8 Å². The van der Waals surface area contributed by atoms with Crippen molar-refractivity contribution in [1.82, 2.24) is 15.5 Å². The van der Waals surface area contributed by atoms with Crippen molar-refractivity contribution in [1.29, 1.82) is 0 Å². The van der Waals surface area contributed by atoms with Gasteiger partial charge in [0.1, 0.15) is 6.04 Å². The minimum atomic E-state index is -4.31. The van der Waals surface area contributed by atoms with Gasteiger partial charge in [-0.1, -0.05) is 35.8 Å². The topological polar surface area (TPSA) is 95.6 Å². The minimum absolute atomic E-state index is 0.0457. The summed E-state index contributed by atoms with van der Waals surface area (Å²) in [6, 6.07) is 3.84. The Bertz CT molecular complexity index is 1330. The molecule has 1 fully saturated rings. The summed E-state index contributed by atoms with van der Waals surface area (Å²) in [6.45, 7) is -4.82. The number of alkyl halides is 2. The van der Waals surface area contributed by atoms with E-state index < -0.39 is 71.1 Å². The normalized spacial score (nSPS) is 23.4. The van der Waals surface area contributed by atoms with E-state index in [1.54, 1.807) is 0 Å². The largest absolute Gasteiger partial charge is 0.349 e. The molecule has 7 nitrogen and oxygen atoms in total. The number of carbonyl (C=O) groups is 4. The third kappa shape index (κ3) is 4.08. The Labute approximate surface area is 193 Å². The van der Waals surface area contributed by atoms with E-state index >= 15 is 0 Å². The van der Waals surface area contributed by atoms with E-state index in [-0.39, 0.29) is 29.0 Å². The maximum Gasteiger partial charge on any atom is 0.349 e. The molecular formula is C22H18ClF2N3O4. The number of imide groups is 1. The van der Waals surface area contributed by atoms with Crippen molar-refractivity contribution in [3.05, 3.63) is 69.7 Å². The number of hydrogen-bond donors (Lipinski definition) is 2. The smallest absolute Gasteiger partial charge is 0.346 e. The van der Waals surface area contributed by atoms with Crippen molar-refractivity contribution >= 4 is 35.2 Å². The van der Waals surface area contributed by atoms with Gasteiger partial charge in [-0.05, 0) is 35.7 Å². The zero-order valence-corrected chi connectivity index (χ0v) is 17.0. The Hall–Kier alpha value is -3.33. The quantitative estimate of drug-likeness (QED) is 0.662. The van der Waals surface area contributed by atoms with Crippen LogP contribution >= 0.6 is 11.6 Å². The lowest BCUT2D eigenvalue weighted by molar-refractivity contribution is -0.147. The fourth-order valence-electron chi connectivity index (χ4n) is 3.36. The van der Waals surface area contributed by atoms with Gasteiger partial charge in [0.15, 0.2) is 1.41 Å². The van der Waals surface area contributed by atoms with Gasteiger partial charge in [0.25, 0.3) is 11.8 Å². The van der Waals surface area contributed by atoms with Gasteiger partial charge in [-0.3, -0.25) is 24.5 Å². The van der Waals surface area contributed by atoms with Gasteiger partial charge in [0.05, 0.1) is 5.48 Å². The molecule has 0 aromatic heterocycles. The zero-order valence-electron chi connectivity index (χ0n) is 21.2. The van der Waals surface area contributed by atoms with Crippen molar-refractivity contribution in [3.63, 3.8) is 0 Å².